The van der Waals surface area contributed by atoms with Crippen LogP contribution in [-0.2, 0) is 26.5 Å². The Balaban J connectivity index is 0.000000248. The van der Waals surface area contributed by atoms with Crippen LogP contribution >= 0.6 is 0 Å². The molecule has 0 bridgehead atoms. The van der Waals surface area contributed by atoms with Gasteiger partial charge in [0, 0.05) is 29.8 Å². The van der Waals surface area contributed by atoms with Crippen LogP contribution in [0, 0.1) is 0 Å². The maximum atomic E-state index is 4.63. The van der Waals surface area contributed by atoms with Crippen molar-refractivity contribution in [2.45, 2.75) is 26.2 Å². The number of benzene rings is 2. The Bertz CT molecular complexity index is 1570. The second-order valence-corrected chi connectivity index (χ2v) is 9.30. The number of rotatable bonds is 3. The molecular formula is C29H25N7Pt. The number of nitrogens with zero attached hydrogens (tertiary/aromatic N) is 7. The average Bonchev–Trinajstić information content (AvgIpc) is 3.58. The van der Waals surface area contributed by atoms with Crippen LogP contribution in [0.15, 0.2) is 97.5 Å². The van der Waals surface area contributed by atoms with Gasteiger partial charge in [0.25, 0.3) is 0 Å². The molecule has 0 radical (unpaired) electrons. The van der Waals surface area contributed by atoms with E-state index < -0.39 is 0 Å². The van der Waals surface area contributed by atoms with Crippen molar-refractivity contribution in [3.63, 3.8) is 0 Å². The molecule has 0 spiro atoms. The predicted molar refractivity (Wildman–Crippen MR) is 141 cm³/mol. The zero-order valence-corrected chi connectivity index (χ0v) is 23.0. The van der Waals surface area contributed by atoms with Crippen molar-refractivity contribution in [1.82, 2.24) is 35.3 Å². The summed E-state index contributed by atoms with van der Waals surface area (Å²) in [6.45, 7) is 6.59. The van der Waals surface area contributed by atoms with Gasteiger partial charge in [0.1, 0.15) is 5.82 Å². The van der Waals surface area contributed by atoms with Gasteiger partial charge in [-0.25, -0.2) is 9.97 Å². The number of hydrogen-bond acceptors (Lipinski definition) is 5. The molecule has 37 heavy (non-hydrogen) atoms. The number of fused-ring (bicyclic) bond motifs is 1. The molecule has 8 heteroatoms. The second kappa shape index (κ2) is 11.4. The van der Waals surface area contributed by atoms with E-state index in [0.29, 0.717) is 17.2 Å². The first-order chi connectivity index (χ1) is 17.5. The molecule has 7 nitrogen and oxygen atoms in total. The zero-order chi connectivity index (χ0) is 25.0. The van der Waals surface area contributed by atoms with Crippen molar-refractivity contribution >= 4 is 10.9 Å². The second-order valence-electron chi connectivity index (χ2n) is 9.30. The molecule has 4 heterocycles. The fraction of sp³-hybridized carbons (Fsp3) is 0.138. The Morgan fingerprint density at radius 3 is 2.16 bits per heavy atom. The largest absolute Gasteiger partial charge is 2.00 e. The van der Waals surface area contributed by atoms with Crippen LogP contribution in [0.25, 0.3) is 45.1 Å². The standard InChI is InChI=1S/C20H12N6.C9H13N.Pt/c1-2-6-13(7-3-1)17-12-18(25-24-17)20-21-11-10-16(22-20)19-14-8-4-5-9-15(14)23-26-19;1-9(2,3)8-4-6-10-7-5-8;/h1-12H;4-7H,1-3H3;/q-2;;+2. The van der Waals surface area contributed by atoms with E-state index in [-0.39, 0.29) is 26.5 Å². The number of hydrogen-bond donors (Lipinski definition) is 0. The molecule has 0 N–H and O–H groups in total. The van der Waals surface area contributed by atoms with Gasteiger partial charge in [0.2, 0.25) is 0 Å². The molecule has 0 aliphatic carbocycles. The van der Waals surface area contributed by atoms with Gasteiger partial charge in [0.15, 0.2) is 0 Å². The molecule has 186 valence electrons. The summed E-state index contributed by atoms with van der Waals surface area (Å²) in [5.74, 6) is 0.518. The third-order valence-corrected chi connectivity index (χ3v) is 5.70. The van der Waals surface area contributed by atoms with Crippen LogP contribution < -0.4 is 10.2 Å². The van der Waals surface area contributed by atoms with Gasteiger partial charge < -0.3 is 20.4 Å². The third kappa shape index (κ3) is 6.07. The van der Waals surface area contributed by atoms with Crippen LogP contribution in [0.1, 0.15) is 26.3 Å². The minimum Gasteiger partial charge on any atom is -0.573 e. The Morgan fingerprint density at radius 1 is 0.703 bits per heavy atom. The molecule has 0 amide bonds. The summed E-state index contributed by atoms with van der Waals surface area (Å²) >= 11 is 0. The zero-order valence-electron chi connectivity index (χ0n) is 20.7. The summed E-state index contributed by atoms with van der Waals surface area (Å²) in [5.41, 5.74) is 6.34. The van der Waals surface area contributed by atoms with E-state index in [4.69, 9.17) is 0 Å². The molecule has 0 saturated heterocycles. The van der Waals surface area contributed by atoms with Crippen molar-refractivity contribution in [2.24, 2.45) is 0 Å². The monoisotopic (exact) mass is 666 g/mol. The molecule has 0 atom stereocenters. The quantitative estimate of drug-likeness (QED) is 0.239. The summed E-state index contributed by atoms with van der Waals surface area (Å²) in [7, 11) is 0. The molecule has 0 saturated carbocycles. The van der Waals surface area contributed by atoms with Crippen LogP contribution in [0.4, 0.5) is 0 Å². The van der Waals surface area contributed by atoms with Crippen molar-refractivity contribution < 1.29 is 21.1 Å². The molecule has 6 aromatic rings. The third-order valence-electron chi connectivity index (χ3n) is 5.70. The van der Waals surface area contributed by atoms with Crippen LogP contribution in [0.5, 0.6) is 0 Å². The molecule has 6 rings (SSSR count). The van der Waals surface area contributed by atoms with Gasteiger partial charge in [-0.1, -0.05) is 80.7 Å². The minimum atomic E-state index is 0. The van der Waals surface area contributed by atoms with E-state index in [0.717, 1.165) is 27.9 Å². The minimum absolute atomic E-state index is 0. The first-order valence-corrected chi connectivity index (χ1v) is 11.7. The van der Waals surface area contributed by atoms with Crippen LogP contribution in [-0.4, -0.2) is 25.1 Å². The number of pyridine rings is 1. The first-order valence-electron chi connectivity index (χ1n) is 11.7. The van der Waals surface area contributed by atoms with E-state index in [1.807, 2.05) is 79.1 Å². The van der Waals surface area contributed by atoms with Gasteiger partial charge in [-0.2, -0.15) is 0 Å². The first kappa shape index (κ1) is 26.1. The van der Waals surface area contributed by atoms with E-state index >= 15 is 0 Å². The molecule has 0 aliphatic rings. The van der Waals surface area contributed by atoms with Crippen molar-refractivity contribution in [3.8, 4) is 34.2 Å². The molecule has 0 fully saturated rings. The Labute approximate surface area is 230 Å². The molecule has 0 aliphatic heterocycles. The normalized spacial score (nSPS) is 10.9. The van der Waals surface area contributed by atoms with Crippen molar-refractivity contribution in [2.75, 3.05) is 0 Å². The van der Waals surface area contributed by atoms with Gasteiger partial charge in [-0.3, -0.25) is 4.98 Å². The molecular weight excluding hydrogens is 641 g/mol. The fourth-order valence-corrected chi connectivity index (χ4v) is 3.73. The van der Waals surface area contributed by atoms with Crippen LogP contribution in [0.2, 0.25) is 0 Å². The van der Waals surface area contributed by atoms with Crippen LogP contribution in [0.3, 0.4) is 0 Å². The fourth-order valence-electron chi connectivity index (χ4n) is 3.73. The van der Waals surface area contributed by atoms with Crippen molar-refractivity contribution in [3.05, 3.63) is 103 Å². The predicted octanol–water partition coefficient (Wildman–Crippen LogP) is 5.71. The summed E-state index contributed by atoms with van der Waals surface area (Å²) < 4.78 is 0. The summed E-state index contributed by atoms with van der Waals surface area (Å²) in [6.07, 6.45) is 5.37. The topological polar surface area (TPSA) is 92.6 Å². The number of aromatic nitrogens is 7. The SMILES string of the molecule is CC(C)(C)c1ccncc1.[Pt+2].c1ccc(-c2cc(-c3nccc(-c4[n-]nc5ccccc45)n3)[n-]n2)cc1. The van der Waals surface area contributed by atoms with E-state index in [1.54, 1.807) is 6.20 Å². The van der Waals surface area contributed by atoms with Gasteiger partial charge >= 0.3 is 21.1 Å². The summed E-state index contributed by atoms with van der Waals surface area (Å²) in [4.78, 5) is 12.9. The molecule has 2 aromatic carbocycles. The molecule has 0 unspecified atom stereocenters. The van der Waals surface area contributed by atoms with Gasteiger partial charge in [-0.15, -0.1) is 0 Å². The average molecular weight is 667 g/mol. The van der Waals surface area contributed by atoms with Gasteiger partial charge in [0.05, 0.1) is 5.69 Å². The van der Waals surface area contributed by atoms with Crippen molar-refractivity contribution in [1.29, 1.82) is 0 Å². The van der Waals surface area contributed by atoms with Gasteiger partial charge in [-0.05, 0) is 52.3 Å². The smallest absolute Gasteiger partial charge is 0.573 e. The maximum absolute atomic E-state index is 4.63. The Hall–Kier alpha value is -3.96. The molecule has 4 aromatic heterocycles. The summed E-state index contributed by atoms with van der Waals surface area (Å²) in [5, 5.41) is 17.9. The van der Waals surface area contributed by atoms with E-state index in [9.17, 15) is 0 Å². The summed E-state index contributed by atoms with van der Waals surface area (Å²) in [6, 6.07) is 25.6. The van der Waals surface area contributed by atoms with E-state index in [1.165, 1.54) is 5.56 Å². The Kier molecular flexibility index (Phi) is 8.04. The Morgan fingerprint density at radius 2 is 1.43 bits per heavy atom. The maximum Gasteiger partial charge on any atom is 2.00 e. The van der Waals surface area contributed by atoms with E-state index in [2.05, 4.69) is 68.3 Å².